The van der Waals surface area contributed by atoms with Gasteiger partial charge in [-0.1, -0.05) is 65.9 Å². The van der Waals surface area contributed by atoms with Gasteiger partial charge in [0.15, 0.2) is 20.8 Å². The number of carbonyl (C=O) groups excluding carboxylic acids is 1. The van der Waals surface area contributed by atoms with Crippen LogP contribution >= 0.6 is 11.3 Å². The van der Waals surface area contributed by atoms with Gasteiger partial charge in [-0.3, -0.25) is 5.32 Å². The van der Waals surface area contributed by atoms with Crippen LogP contribution in [0.4, 0.5) is 9.93 Å². The van der Waals surface area contributed by atoms with Crippen molar-refractivity contribution in [3.05, 3.63) is 71.0 Å². The van der Waals surface area contributed by atoms with Crippen molar-refractivity contribution in [1.82, 2.24) is 20.4 Å². The fraction of sp³-hybridized carbons (Fsp3) is 0.333. The molecule has 2 N–H and O–H groups in total. The minimum absolute atomic E-state index is 0.0438. The summed E-state index contributed by atoms with van der Waals surface area (Å²) in [5.74, 6) is 0.982. The minimum Gasteiger partial charge on any atom is -0.337 e. The Morgan fingerprint density at radius 2 is 2.03 bits per heavy atom. The van der Waals surface area contributed by atoms with Gasteiger partial charge in [0.25, 0.3) is 5.89 Å². The quantitative estimate of drug-likeness (QED) is 0.347. The van der Waals surface area contributed by atoms with Crippen LogP contribution in [0.1, 0.15) is 36.7 Å². The van der Waals surface area contributed by atoms with E-state index >= 15 is 0 Å². The SMILES string of the molecule is C=Cc1nc(NC(=O)NCCc2noc(-c3ccccc3)n2)sc1C=C(C)C1CC=CC(S(C)(=O)=O)C1C. The van der Waals surface area contributed by atoms with Gasteiger partial charge in [-0.05, 0) is 49.5 Å². The zero-order chi connectivity index (χ0) is 27.3. The van der Waals surface area contributed by atoms with E-state index in [9.17, 15) is 13.2 Å². The van der Waals surface area contributed by atoms with Crippen molar-refractivity contribution in [2.24, 2.45) is 11.8 Å². The molecule has 3 aromatic rings. The molecule has 0 saturated carbocycles. The molecule has 3 atom stereocenters. The van der Waals surface area contributed by atoms with Crippen molar-refractivity contribution < 1.29 is 17.7 Å². The summed E-state index contributed by atoms with van der Waals surface area (Å²) in [4.78, 5) is 22.1. The highest BCUT2D eigenvalue weighted by atomic mass is 32.2. The van der Waals surface area contributed by atoms with Crippen LogP contribution < -0.4 is 10.6 Å². The third-order valence-corrected chi connectivity index (χ3v) is 9.03. The number of rotatable bonds is 9. The molecular formula is C27H31N5O4S2. The van der Waals surface area contributed by atoms with Crippen LogP contribution in [0.25, 0.3) is 23.6 Å². The standard InChI is InChI=1S/C27H31N5O4S2/c1-5-21-22(16-17(2)20-12-9-13-23(18(20)3)38(4,34)35)37-27(29-21)31-26(33)28-15-14-24-30-25(36-32-24)19-10-7-6-8-11-19/h5-11,13,16,18,20,23H,1,12,14-15H2,2-4H3,(H2,28,29,31,33). The summed E-state index contributed by atoms with van der Waals surface area (Å²) in [6, 6.07) is 9.08. The molecule has 1 aromatic carbocycles. The number of carbonyl (C=O) groups is 1. The van der Waals surface area contributed by atoms with E-state index in [1.165, 1.54) is 17.6 Å². The number of thiazole rings is 1. The normalized spacial score (nSPS) is 19.8. The van der Waals surface area contributed by atoms with E-state index in [1.807, 2.05) is 56.3 Å². The molecule has 0 radical (unpaired) electrons. The second kappa shape index (κ2) is 11.9. The van der Waals surface area contributed by atoms with Gasteiger partial charge in [0.05, 0.1) is 15.8 Å². The number of nitrogens with one attached hydrogen (secondary N) is 2. The first-order valence-electron chi connectivity index (χ1n) is 12.3. The van der Waals surface area contributed by atoms with Crippen LogP contribution in [0, 0.1) is 11.8 Å². The third-order valence-electron chi connectivity index (χ3n) is 6.52. The summed E-state index contributed by atoms with van der Waals surface area (Å²) in [7, 11) is -3.18. The van der Waals surface area contributed by atoms with E-state index in [0.29, 0.717) is 35.5 Å². The van der Waals surface area contributed by atoms with E-state index in [2.05, 4.69) is 32.3 Å². The van der Waals surface area contributed by atoms with Crippen molar-refractivity contribution >= 4 is 44.5 Å². The van der Waals surface area contributed by atoms with Gasteiger partial charge in [-0.25, -0.2) is 18.2 Å². The summed E-state index contributed by atoms with van der Waals surface area (Å²) in [5.41, 5.74) is 2.56. The first-order valence-corrected chi connectivity index (χ1v) is 15.0. The van der Waals surface area contributed by atoms with Crippen molar-refractivity contribution in [2.45, 2.75) is 31.9 Å². The molecule has 11 heteroatoms. The molecule has 3 unspecified atom stereocenters. The average Bonchev–Trinajstić information content (AvgIpc) is 3.50. The first kappa shape index (κ1) is 27.5. The molecule has 0 saturated heterocycles. The van der Waals surface area contributed by atoms with Crippen LogP contribution in [0.5, 0.6) is 0 Å². The highest BCUT2D eigenvalue weighted by molar-refractivity contribution is 7.91. The predicted octanol–water partition coefficient (Wildman–Crippen LogP) is 5.23. The highest BCUT2D eigenvalue weighted by Gasteiger charge is 2.33. The van der Waals surface area contributed by atoms with Gasteiger partial charge < -0.3 is 9.84 Å². The smallest absolute Gasteiger partial charge is 0.321 e. The highest BCUT2D eigenvalue weighted by Crippen LogP contribution is 2.36. The maximum atomic E-state index is 12.5. The van der Waals surface area contributed by atoms with E-state index < -0.39 is 21.1 Å². The molecule has 200 valence electrons. The number of sulfone groups is 1. The minimum atomic E-state index is -3.18. The van der Waals surface area contributed by atoms with Crippen LogP contribution in [-0.4, -0.2) is 47.6 Å². The number of allylic oxidation sites excluding steroid dienone is 2. The molecule has 4 rings (SSSR count). The Labute approximate surface area is 226 Å². The van der Waals surface area contributed by atoms with Crippen molar-refractivity contribution in [3.63, 3.8) is 0 Å². The number of hydrogen-bond acceptors (Lipinski definition) is 8. The van der Waals surface area contributed by atoms with Crippen molar-refractivity contribution in [2.75, 3.05) is 18.1 Å². The van der Waals surface area contributed by atoms with Gasteiger partial charge >= 0.3 is 6.03 Å². The molecule has 0 aliphatic heterocycles. The van der Waals surface area contributed by atoms with Gasteiger partial charge in [0.2, 0.25) is 0 Å². The summed E-state index contributed by atoms with van der Waals surface area (Å²) < 4.78 is 29.7. The maximum absolute atomic E-state index is 12.5. The predicted molar refractivity (Wildman–Crippen MR) is 151 cm³/mol. The average molecular weight is 554 g/mol. The molecule has 0 bridgehead atoms. The van der Waals surface area contributed by atoms with Gasteiger partial charge in [-0.2, -0.15) is 4.98 Å². The number of aromatic nitrogens is 3. The van der Waals surface area contributed by atoms with Gasteiger partial charge in [-0.15, -0.1) is 0 Å². The summed E-state index contributed by atoms with van der Waals surface area (Å²) in [6.45, 7) is 8.15. The number of urea groups is 1. The Morgan fingerprint density at radius 3 is 2.74 bits per heavy atom. The summed E-state index contributed by atoms with van der Waals surface area (Å²) in [5, 5.41) is 9.46. The fourth-order valence-corrected chi connectivity index (χ4v) is 6.90. The monoisotopic (exact) mass is 553 g/mol. The maximum Gasteiger partial charge on any atom is 0.321 e. The lowest BCUT2D eigenvalue weighted by molar-refractivity contribution is 0.252. The first-order chi connectivity index (χ1) is 18.2. The van der Waals surface area contributed by atoms with E-state index in [-0.39, 0.29) is 11.8 Å². The zero-order valence-electron chi connectivity index (χ0n) is 21.5. The van der Waals surface area contributed by atoms with Crippen LogP contribution in [0.2, 0.25) is 0 Å². The Balaban J connectivity index is 1.35. The molecule has 1 aliphatic carbocycles. The molecule has 2 heterocycles. The van der Waals surface area contributed by atoms with E-state index in [0.717, 1.165) is 22.4 Å². The van der Waals surface area contributed by atoms with Crippen LogP contribution in [0.3, 0.4) is 0 Å². The second-order valence-electron chi connectivity index (χ2n) is 9.30. The number of benzene rings is 1. The third kappa shape index (κ3) is 6.65. The lowest BCUT2D eigenvalue weighted by Gasteiger charge is -2.32. The lowest BCUT2D eigenvalue weighted by Crippen LogP contribution is -2.33. The topological polar surface area (TPSA) is 127 Å². The van der Waals surface area contributed by atoms with E-state index in [1.54, 1.807) is 12.2 Å². The second-order valence-corrected chi connectivity index (χ2v) is 12.5. The van der Waals surface area contributed by atoms with Crippen molar-refractivity contribution in [1.29, 1.82) is 0 Å². The molecule has 0 fully saturated rings. The Bertz CT molecular complexity index is 1460. The van der Waals surface area contributed by atoms with Crippen LogP contribution in [-0.2, 0) is 16.3 Å². The fourth-order valence-electron chi connectivity index (χ4n) is 4.55. The lowest BCUT2D eigenvalue weighted by atomic mass is 9.79. The zero-order valence-corrected chi connectivity index (χ0v) is 23.2. The number of anilines is 1. The van der Waals surface area contributed by atoms with E-state index in [4.69, 9.17) is 4.52 Å². The van der Waals surface area contributed by atoms with Crippen LogP contribution in [0.15, 0.2) is 59.2 Å². The molecule has 1 aliphatic rings. The number of nitrogens with zero attached hydrogens (tertiary/aromatic N) is 3. The summed E-state index contributed by atoms with van der Waals surface area (Å²) in [6.07, 6.45) is 9.87. The Hall–Kier alpha value is -3.57. The molecular weight excluding hydrogens is 522 g/mol. The molecule has 0 spiro atoms. The Morgan fingerprint density at radius 1 is 1.26 bits per heavy atom. The van der Waals surface area contributed by atoms with Gasteiger partial charge in [0, 0.05) is 24.8 Å². The number of amides is 2. The molecule has 2 aromatic heterocycles. The summed E-state index contributed by atoms with van der Waals surface area (Å²) >= 11 is 1.34. The Kier molecular flexibility index (Phi) is 8.58. The molecule has 9 nitrogen and oxygen atoms in total. The largest absolute Gasteiger partial charge is 0.337 e. The van der Waals surface area contributed by atoms with Gasteiger partial charge in [0.1, 0.15) is 0 Å². The molecule has 2 amide bonds. The van der Waals surface area contributed by atoms with Crippen molar-refractivity contribution in [3.8, 4) is 11.5 Å². The number of hydrogen-bond donors (Lipinski definition) is 2. The molecule has 38 heavy (non-hydrogen) atoms.